The van der Waals surface area contributed by atoms with Crippen molar-refractivity contribution in [3.05, 3.63) is 71.8 Å². The Morgan fingerprint density at radius 1 is 0.750 bits per heavy atom. The van der Waals surface area contributed by atoms with Crippen LogP contribution in [0.5, 0.6) is 0 Å². The summed E-state index contributed by atoms with van der Waals surface area (Å²) in [7, 11) is 2.61. The first-order valence-electron chi connectivity index (χ1n) is 7.72. The highest BCUT2D eigenvalue weighted by atomic mass is 16.4. The van der Waals surface area contributed by atoms with Crippen LogP contribution in [0.4, 0.5) is 5.69 Å². The first-order chi connectivity index (χ1) is 11.5. The van der Waals surface area contributed by atoms with Gasteiger partial charge in [0.15, 0.2) is 0 Å². The van der Waals surface area contributed by atoms with E-state index in [-0.39, 0.29) is 0 Å². The van der Waals surface area contributed by atoms with Crippen molar-refractivity contribution in [2.45, 2.75) is 0 Å². The Hall–Kier alpha value is -2.74. The summed E-state index contributed by atoms with van der Waals surface area (Å²) in [5.74, 6) is 6.25. The highest BCUT2D eigenvalue weighted by molar-refractivity contribution is 6.58. The number of hydrogen-bond acceptors (Lipinski definition) is 3. The van der Waals surface area contributed by atoms with E-state index >= 15 is 0 Å². The van der Waals surface area contributed by atoms with E-state index in [9.17, 15) is 0 Å². The van der Waals surface area contributed by atoms with E-state index < -0.39 is 7.12 Å². The second kappa shape index (κ2) is 6.80. The lowest BCUT2D eigenvalue weighted by Gasteiger charge is -2.13. The summed E-state index contributed by atoms with van der Waals surface area (Å²) in [6.45, 7) is 0. The number of benzene rings is 3. The van der Waals surface area contributed by atoms with Crippen LogP contribution >= 0.6 is 0 Å². The predicted molar refractivity (Wildman–Crippen MR) is 101 cm³/mol. The molecule has 4 heteroatoms. The van der Waals surface area contributed by atoms with Crippen LogP contribution in [0.3, 0.4) is 0 Å². The molecule has 3 rings (SSSR count). The van der Waals surface area contributed by atoms with Gasteiger partial charge >= 0.3 is 7.12 Å². The molecule has 0 aromatic heterocycles. The number of rotatable bonds is 2. The van der Waals surface area contributed by atoms with Gasteiger partial charge in [-0.25, -0.2) is 0 Å². The molecule has 118 valence electrons. The maximum Gasteiger partial charge on any atom is 0.488 e. The monoisotopic (exact) mass is 315 g/mol. The van der Waals surface area contributed by atoms with E-state index in [0.29, 0.717) is 5.46 Å². The summed E-state index contributed by atoms with van der Waals surface area (Å²) < 4.78 is 0. The number of hydrogen-bond donors (Lipinski definition) is 2. The molecule has 0 aliphatic rings. The van der Waals surface area contributed by atoms with Gasteiger partial charge in [0, 0.05) is 30.9 Å². The highest BCUT2D eigenvalue weighted by Gasteiger charge is 2.08. The van der Waals surface area contributed by atoms with E-state index in [2.05, 4.69) is 47.1 Å². The zero-order valence-corrected chi connectivity index (χ0v) is 13.7. The Morgan fingerprint density at radius 2 is 1.33 bits per heavy atom. The molecule has 0 heterocycles. The van der Waals surface area contributed by atoms with Gasteiger partial charge in [0.2, 0.25) is 0 Å². The highest BCUT2D eigenvalue weighted by Crippen LogP contribution is 2.21. The van der Waals surface area contributed by atoms with E-state index in [1.165, 1.54) is 11.1 Å². The van der Waals surface area contributed by atoms with Gasteiger partial charge in [-0.05, 0) is 52.6 Å². The molecule has 0 saturated heterocycles. The van der Waals surface area contributed by atoms with Gasteiger partial charge in [-0.1, -0.05) is 36.1 Å². The Balaban J connectivity index is 1.87. The smallest absolute Gasteiger partial charge is 0.423 e. The maximum atomic E-state index is 9.09. The fourth-order valence-electron chi connectivity index (χ4n) is 2.47. The second-order valence-corrected chi connectivity index (χ2v) is 5.89. The van der Waals surface area contributed by atoms with E-state index in [1.807, 2.05) is 20.2 Å². The summed E-state index contributed by atoms with van der Waals surface area (Å²) >= 11 is 0. The van der Waals surface area contributed by atoms with Gasteiger partial charge in [0.25, 0.3) is 0 Å². The molecular formula is C20H18BNO2. The van der Waals surface area contributed by atoms with E-state index in [0.717, 1.165) is 16.5 Å². The van der Waals surface area contributed by atoms with Crippen LogP contribution < -0.4 is 10.4 Å². The summed E-state index contributed by atoms with van der Waals surface area (Å²) in [5, 5.41) is 20.5. The molecule has 0 spiro atoms. The molecule has 0 fully saturated rings. The SMILES string of the molecule is CN(C)c1ccc2cc(C#Cc3ccc(B(O)O)cc3)ccc2c1. The lowest BCUT2D eigenvalue weighted by Crippen LogP contribution is -2.29. The Kier molecular flexibility index (Phi) is 4.57. The van der Waals surface area contributed by atoms with Crippen LogP contribution in [0.25, 0.3) is 10.8 Å². The largest absolute Gasteiger partial charge is 0.488 e. The molecule has 3 aromatic carbocycles. The molecule has 0 unspecified atom stereocenters. The van der Waals surface area contributed by atoms with Gasteiger partial charge in [-0.2, -0.15) is 0 Å². The number of fused-ring (bicyclic) bond motifs is 1. The van der Waals surface area contributed by atoms with Gasteiger partial charge in [-0.15, -0.1) is 0 Å². The minimum Gasteiger partial charge on any atom is -0.423 e. The van der Waals surface area contributed by atoms with Crippen LogP contribution in [0.2, 0.25) is 0 Å². The summed E-state index contributed by atoms with van der Waals surface area (Å²) in [4.78, 5) is 2.08. The fourth-order valence-corrected chi connectivity index (χ4v) is 2.47. The normalized spacial score (nSPS) is 10.2. The molecule has 24 heavy (non-hydrogen) atoms. The third-order valence-corrected chi connectivity index (χ3v) is 3.90. The molecule has 0 aliphatic carbocycles. The Bertz CT molecular complexity index is 922. The molecule has 0 atom stereocenters. The van der Waals surface area contributed by atoms with Gasteiger partial charge < -0.3 is 14.9 Å². The average molecular weight is 315 g/mol. The zero-order valence-electron chi connectivity index (χ0n) is 13.7. The minimum atomic E-state index is -1.44. The number of nitrogens with zero attached hydrogens (tertiary/aromatic N) is 1. The standard InChI is InChI=1S/C20H18BNO2/c1-22(2)20-12-9-17-13-16(5-8-18(17)14-20)4-3-15-6-10-19(11-7-15)21(23)24/h5-14,23-24H,1-2H3. The molecule has 0 radical (unpaired) electrons. The average Bonchev–Trinajstić information content (AvgIpc) is 2.59. The van der Waals surface area contributed by atoms with Gasteiger partial charge in [-0.3, -0.25) is 0 Å². The van der Waals surface area contributed by atoms with Crippen molar-refractivity contribution in [2.75, 3.05) is 19.0 Å². The Labute approximate surface area is 142 Å². The van der Waals surface area contributed by atoms with Crippen molar-refractivity contribution in [1.29, 1.82) is 0 Å². The van der Waals surface area contributed by atoms with Crippen molar-refractivity contribution in [3.8, 4) is 11.8 Å². The first kappa shape index (κ1) is 16.1. The molecule has 0 aliphatic heterocycles. The van der Waals surface area contributed by atoms with Crippen LogP contribution in [0, 0.1) is 11.8 Å². The van der Waals surface area contributed by atoms with Crippen LogP contribution in [-0.4, -0.2) is 31.3 Å². The summed E-state index contributed by atoms with van der Waals surface area (Å²) in [6.07, 6.45) is 0. The zero-order chi connectivity index (χ0) is 17.1. The molecule has 3 nitrogen and oxygen atoms in total. The summed E-state index contributed by atoms with van der Waals surface area (Å²) in [6, 6.07) is 19.4. The molecule has 2 N–H and O–H groups in total. The van der Waals surface area contributed by atoms with Crippen molar-refractivity contribution in [2.24, 2.45) is 0 Å². The van der Waals surface area contributed by atoms with Crippen molar-refractivity contribution >= 4 is 29.0 Å². The first-order valence-corrected chi connectivity index (χ1v) is 7.72. The molecule has 0 bridgehead atoms. The Morgan fingerprint density at radius 3 is 2.00 bits per heavy atom. The quantitative estimate of drug-likeness (QED) is 0.561. The minimum absolute atomic E-state index is 0.461. The van der Waals surface area contributed by atoms with Gasteiger partial charge in [0.1, 0.15) is 0 Å². The topological polar surface area (TPSA) is 43.7 Å². The lowest BCUT2D eigenvalue weighted by molar-refractivity contribution is 0.426. The maximum absolute atomic E-state index is 9.09. The molecule has 3 aromatic rings. The summed E-state index contributed by atoms with van der Waals surface area (Å²) in [5.41, 5.74) is 3.42. The predicted octanol–water partition coefficient (Wildman–Crippen LogP) is 1.99. The molecule has 0 amide bonds. The molecular weight excluding hydrogens is 297 g/mol. The number of anilines is 1. The van der Waals surface area contributed by atoms with Gasteiger partial charge in [0.05, 0.1) is 0 Å². The lowest BCUT2D eigenvalue weighted by atomic mass is 9.80. The van der Waals surface area contributed by atoms with Crippen molar-refractivity contribution in [3.63, 3.8) is 0 Å². The van der Waals surface area contributed by atoms with Crippen LogP contribution in [-0.2, 0) is 0 Å². The third kappa shape index (κ3) is 3.60. The third-order valence-electron chi connectivity index (χ3n) is 3.90. The fraction of sp³-hybridized carbons (Fsp3) is 0.100. The van der Waals surface area contributed by atoms with Crippen LogP contribution in [0.1, 0.15) is 11.1 Å². The van der Waals surface area contributed by atoms with E-state index in [1.54, 1.807) is 24.3 Å². The molecule has 0 saturated carbocycles. The van der Waals surface area contributed by atoms with Crippen molar-refractivity contribution in [1.82, 2.24) is 0 Å². The van der Waals surface area contributed by atoms with E-state index in [4.69, 9.17) is 10.0 Å². The van der Waals surface area contributed by atoms with Crippen LogP contribution in [0.15, 0.2) is 60.7 Å². The second-order valence-electron chi connectivity index (χ2n) is 5.89. The van der Waals surface area contributed by atoms with Crippen molar-refractivity contribution < 1.29 is 10.0 Å².